The van der Waals surface area contributed by atoms with Gasteiger partial charge in [0.15, 0.2) is 11.2 Å². The van der Waals surface area contributed by atoms with Crippen LogP contribution in [0.5, 0.6) is 0 Å². The fraction of sp³-hybridized carbons (Fsp3) is 0.0588. The molecule has 1 aromatic heterocycles. The second-order valence-electron chi connectivity index (χ2n) is 4.93. The van der Waals surface area contributed by atoms with Gasteiger partial charge in [0.2, 0.25) is 0 Å². The number of carbonyl (C=O) groups excluding carboxylic acids is 1. The van der Waals surface area contributed by atoms with Crippen LogP contribution in [0.4, 0.5) is 0 Å². The highest BCUT2D eigenvalue weighted by Gasteiger charge is 2.12. The summed E-state index contributed by atoms with van der Waals surface area (Å²) in [6, 6.07) is 13.0. The van der Waals surface area contributed by atoms with E-state index in [1.807, 2.05) is 6.07 Å². The number of halogens is 2. The van der Waals surface area contributed by atoms with Gasteiger partial charge in [-0.2, -0.15) is 0 Å². The van der Waals surface area contributed by atoms with Gasteiger partial charge in [0.05, 0.1) is 5.39 Å². The molecular weight excluding hydrogens is 337 g/mol. The normalized spacial score (nSPS) is 10.7. The lowest BCUT2D eigenvalue weighted by molar-refractivity contribution is 0.0923. The molecule has 0 atom stereocenters. The summed E-state index contributed by atoms with van der Waals surface area (Å²) in [5.74, 6) is -0.522. The summed E-state index contributed by atoms with van der Waals surface area (Å²) in [5, 5.41) is 4.05. The number of benzene rings is 2. The van der Waals surface area contributed by atoms with Crippen molar-refractivity contribution < 1.29 is 9.21 Å². The maximum atomic E-state index is 12.2. The predicted molar refractivity (Wildman–Crippen MR) is 90.1 cm³/mol. The minimum absolute atomic E-state index is 0.0492. The Labute approximate surface area is 141 Å². The lowest BCUT2D eigenvalue weighted by Crippen LogP contribution is -2.24. The lowest BCUT2D eigenvalue weighted by atomic mass is 10.2. The summed E-state index contributed by atoms with van der Waals surface area (Å²) in [6.07, 6.45) is 0. The van der Waals surface area contributed by atoms with Crippen molar-refractivity contribution in [3.05, 3.63) is 80.1 Å². The van der Waals surface area contributed by atoms with Crippen LogP contribution in [0, 0.1) is 0 Å². The Morgan fingerprint density at radius 2 is 1.83 bits per heavy atom. The summed E-state index contributed by atoms with van der Waals surface area (Å²) >= 11 is 11.7. The number of rotatable bonds is 3. The first-order valence-electron chi connectivity index (χ1n) is 6.79. The molecule has 1 heterocycles. The van der Waals surface area contributed by atoms with Crippen LogP contribution < -0.4 is 10.7 Å². The Morgan fingerprint density at radius 1 is 1.04 bits per heavy atom. The number of carbonyl (C=O) groups is 1. The maximum Gasteiger partial charge on any atom is 0.287 e. The molecular formula is C17H11Cl2NO3. The van der Waals surface area contributed by atoms with Crippen molar-refractivity contribution in [3.63, 3.8) is 0 Å². The van der Waals surface area contributed by atoms with Gasteiger partial charge in [-0.05, 0) is 35.9 Å². The second-order valence-corrected chi connectivity index (χ2v) is 5.80. The fourth-order valence-corrected chi connectivity index (χ4v) is 2.54. The van der Waals surface area contributed by atoms with Crippen LogP contribution in [0.2, 0.25) is 10.0 Å². The van der Waals surface area contributed by atoms with Gasteiger partial charge in [-0.15, -0.1) is 0 Å². The molecule has 23 heavy (non-hydrogen) atoms. The summed E-state index contributed by atoms with van der Waals surface area (Å²) in [4.78, 5) is 24.2. The van der Waals surface area contributed by atoms with E-state index in [1.54, 1.807) is 30.3 Å². The molecule has 116 valence electrons. The highest BCUT2D eigenvalue weighted by molar-refractivity contribution is 6.31. The molecule has 0 bridgehead atoms. The van der Waals surface area contributed by atoms with Crippen molar-refractivity contribution >= 4 is 40.1 Å². The van der Waals surface area contributed by atoms with E-state index in [2.05, 4.69) is 5.32 Å². The van der Waals surface area contributed by atoms with E-state index in [-0.39, 0.29) is 17.7 Å². The average Bonchev–Trinajstić information content (AvgIpc) is 2.53. The molecule has 0 saturated heterocycles. The smallest absolute Gasteiger partial charge is 0.287 e. The third kappa shape index (κ3) is 3.55. The Balaban J connectivity index is 1.83. The predicted octanol–water partition coefficient (Wildman–Crippen LogP) is 4.03. The van der Waals surface area contributed by atoms with Crippen molar-refractivity contribution in [2.45, 2.75) is 6.54 Å². The molecule has 0 aliphatic carbocycles. The molecule has 4 nitrogen and oxygen atoms in total. The van der Waals surface area contributed by atoms with Crippen molar-refractivity contribution in [2.75, 3.05) is 0 Å². The molecule has 1 N–H and O–H groups in total. The number of amides is 1. The molecule has 0 radical (unpaired) electrons. The first-order chi connectivity index (χ1) is 11.0. The molecule has 0 aliphatic heterocycles. The van der Waals surface area contributed by atoms with Gasteiger partial charge in [-0.3, -0.25) is 9.59 Å². The van der Waals surface area contributed by atoms with Crippen molar-refractivity contribution in [1.82, 2.24) is 5.32 Å². The van der Waals surface area contributed by atoms with Crippen LogP contribution in [0.25, 0.3) is 11.0 Å². The zero-order chi connectivity index (χ0) is 16.4. The van der Waals surface area contributed by atoms with E-state index >= 15 is 0 Å². The quantitative estimate of drug-likeness (QED) is 0.777. The molecule has 0 spiro atoms. The Bertz CT molecular complexity index is 950. The molecule has 0 saturated carbocycles. The van der Waals surface area contributed by atoms with Gasteiger partial charge in [-0.25, -0.2) is 0 Å². The second kappa shape index (κ2) is 6.44. The van der Waals surface area contributed by atoms with Crippen LogP contribution >= 0.6 is 23.2 Å². The molecule has 2 aromatic carbocycles. The SMILES string of the molecule is O=C(NCc1cccc(Cl)c1)c1cc(=O)c2cc(Cl)ccc2o1. The van der Waals surface area contributed by atoms with Gasteiger partial charge in [0, 0.05) is 22.7 Å². The van der Waals surface area contributed by atoms with E-state index in [9.17, 15) is 9.59 Å². The van der Waals surface area contributed by atoms with E-state index < -0.39 is 5.91 Å². The summed E-state index contributed by atoms with van der Waals surface area (Å²) in [6.45, 7) is 0.280. The zero-order valence-electron chi connectivity index (χ0n) is 11.8. The molecule has 3 rings (SSSR count). The zero-order valence-corrected chi connectivity index (χ0v) is 13.3. The van der Waals surface area contributed by atoms with Crippen LogP contribution in [-0.4, -0.2) is 5.91 Å². The highest BCUT2D eigenvalue weighted by Crippen LogP contribution is 2.17. The Kier molecular flexibility index (Phi) is 4.37. The number of fused-ring (bicyclic) bond motifs is 1. The highest BCUT2D eigenvalue weighted by atomic mass is 35.5. The van der Waals surface area contributed by atoms with Crippen molar-refractivity contribution in [3.8, 4) is 0 Å². The van der Waals surface area contributed by atoms with Gasteiger partial charge in [0.25, 0.3) is 5.91 Å². The third-order valence-electron chi connectivity index (χ3n) is 3.26. The molecule has 3 aromatic rings. The first-order valence-corrected chi connectivity index (χ1v) is 7.54. The third-order valence-corrected chi connectivity index (χ3v) is 3.73. The van der Waals surface area contributed by atoms with Gasteiger partial charge < -0.3 is 9.73 Å². The number of hydrogen-bond acceptors (Lipinski definition) is 3. The number of nitrogens with one attached hydrogen (secondary N) is 1. The summed E-state index contributed by atoms with van der Waals surface area (Å²) in [5.41, 5.74) is 0.845. The molecule has 1 amide bonds. The minimum Gasteiger partial charge on any atom is -0.451 e. The molecule has 0 aliphatic rings. The fourth-order valence-electron chi connectivity index (χ4n) is 2.16. The number of hydrogen-bond donors (Lipinski definition) is 1. The topological polar surface area (TPSA) is 59.3 Å². The monoisotopic (exact) mass is 347 g/mol. The van der Waals surface area contributed by atoms with Crippen molar-refractivity contribution in [2.24, 2.45) is 0 Å². The molecule has 0 fully saturated rings. The van der Waals surface area contributed by atoms with Crippen LogP contribution in [0.3, 0.4) is 0 Å². The van der Waals surface area contributed by atoms with Crippen LogP contribution in [0.1, 0.15) is 16.1 Å². The van der Waals surface area contributed by atoms with Gasteiger partial charge in [-0.1, -0.05) is 35.3 Å². The largest absolute Gasteiger partial charge is 0.451 e. The standard InChI is InChI=1S/C17H11Cl2NO3/c18-11-3-1-2-10(6-11)9-20-17(22)16-8-14(21)13-7-12(19)4-5-15(13)23-16/h1-8H,9H2,(H,20,22). The first kappa shape index (κ1) is 15.6. The van der Waals surface area contributed by atoms with E-state index in [4.69, 9.17) is 27.6 Å². The van der Waals surface area contributed by atoms with Crippen LogP contribution in [-0.2, 0) is 6.54 Å². The van der Waals surface area contributed by atoms with Crippen molar-refractivity contribution in [1.29, 1.82) is 0 Å². The van der Waals surface area contributed by atoms with Crippen LogP contribution in [0.15, 0.2) is 57.7 Å². The van der Waals surface area contributed by atoms with E-state index in [1.165, 1.54) is 6.07 Å². The average molecular weight is 348 g/mol. The minimum atomic E-state index is -0.473. The molecule has 6 heteroatoms. The lowest BCUT2D eigenvalue weighted by Gasteiger charge is -2.06. The Morgan fingerprint density at radius 3 is 2.61 bits per heavy atom. The Hall–Kier alpha value is -2.30. The van der Waals surface area contributed by atoms with Gasteiger partial charge >= 0.3 is 0 Å². The summed E-state index contributed by atoms with van der Waals surface area (Å²) in [7, 11) is 0. The maximum absolute atomic E-state index is 12.2. The van der Waals surface area contributed by atoms with E-state index in [0.717, 1.165) is 11.6 Å². The summed E-state index contributed by atoms with van der Waals surface area (Å²) < 4.78 is 5.47. The van der Waals surface area contributed by atoms with E-state index in [0.29, 0.717) is 21.0 Å². The van der Waals surface area contributed by atoms with Gasteiger partial charge in [0.1, 0.15) is 5.58 Å². The molecule has 0 unspecified atom stereocenters.